The summed E-state index contributed by atoms with van der Waals surface area (Å²) in [5.41, 5.74) is 0. The van der Waals surface area contributed by atoms with Crippen molar-refractivity contribution in [2.24, 2.45) is 11.8 Å². The lowest BCUT2D eigenvalue weighted by Gasteiger charge is -2.30. The van der Waals surface area contributed by atoms with Gasteiger partial charge in [-0.3, -0.25) is 4.79 Å². The Kier molecular flexibility index (Phi) is 4.99. The molecule has 3 heterocycles. The van der Waals surface area contributed by atoms with Gasteiger partial charge >= 0.3 is 0 Å². The van der Waals surface area contributed by atoms with E-state index in [9.17, 15) is 9.90 Å². The molecule has 0 radical (unpaired) electrons. The van der Waals surface area contributed by atoms with Crippen molar-refractivity contribution in [1.29, 1.82) is 0 Å². The zero-order valence-corrected chi connectivity index (χ0v) is 12.8. The zero-order chi connectivity index (χ0) is 15.4. The second-order valence-electron chi connectivity index (χ2n) is 6.37. The number of carbonyl (C=O) groups is 1. The molecule has 0 saturated carbocycles. The van der Waals surface area contributed by atoms with Gasteiger partial charge in [0.15, 0.2) is 0 Å². The Morgan fingerprint density at radius 1 is 1.18 bits per heavy atom. The van der Waals surface area contributed by atoms with E-state index in [1.807, 2.05) is 4.90 Å². The summed E-state index contributed by atoms with van der Waals surface area (Å²) in [5.74, 6) is 0.563. The Bertz CT molecular complexity index is 474. The number of likely N-dealkylation sites (tertiary alicyclic amines) is 2. The number of nitrogens with zero attached hydrogens (tertiary/aromatic N) is 6. The standard InChI is InChI=1S/C14H24N6O2/c21-10-13-8-19(14(22)9-20-11-15-16-17-20)7-12(13)6-18-4-2-1-3-5-18/h11-13,21H,1-10H2/t12-,13-/m1/s1. The van der Waals surface area contributed by atoms with Gasteiger partial charge in [0.1, 0.15) is 12.9 Å². The molecule has 0 aromatic carbocycles. The van der Waals surface area contributed by atoms with Crippen LogP contribution >= 0.6 is 0 Å². The van der Waals surface area contributed by atoms with Gasteiger partial charge in [0.25, 0.3) is 0 Å². The number of aromatic nitrogens is 4. The first-order valence-electron chi connectivity index (χ1n) is 8.08. The molecule has 1 amide bonds. The summed E-state index contributed by atoms with van der Waals surface area (Å²) in [6.07, 6.45) is 5.29. The molecule has 2 aliphatic rings. The molecule has 0 aliphatic carbocycles. The summed E-state index contributed by atoms with van der Waals surface area (Å²) in [6.45, 7) is 4.95. The fourth-order valence-corrected chi connectivity index (χ4v) is 3.52. The maximum atomic E-state index is 12.3. The van der Waals surface area contributed by atoms with Gasteiger partial charge in [0, 0.05) is 32.2 Å². The highest BCUT2D eigenvalue weighted by molar-refractivity contribution is 5.76. The normalized spacial score (nSPS) is 26.5. The van der Waals surface area contributed by atoms with Crippen LogP contribution in [-0.2, 0) is 11.3 Å². The highest BCUT2D eigenvalue weighted by atomic mass is 16.3. The molecule has 2 fully saturated rings. The van der Waals surface area contributed by atoms with Crippen molar-refractivity contribution in [1.82, 2.24) is 30.0 Å². The Labute approximate surface area is 130 Å². The summed E-state index contributed by atoms with van der Waals surface area (Å²) in [6, 6.07) is 0. The van der Waals surface area contributed by atoms with E-state index in [0.29, 0.717) is 12.5 Å². The van der Waals surface area contributed by atoms with Gasteiger partial charge < -0.3 is 14.9 Å². The smallest absolute Gasteiger partial charge is 0.244 e. The lowest BCUT2D eigenvalue weighted by molar-refractivity contribution is -0.131. The molecule has 8 heteroatoms. The first-order valence-corrected chi connectivity index (χ1v) is 8.08. The number of tetrazole rings is 1. The minimum absolute atomic E-state index is 0.0203. The quantitative estimate of drug-likeness (QED) is 0.768. The van der Waals surface area contributed by atoms with Crippen molar-refractivity contribution in [3.63, 3.8) is 0 Å². The van der Waals surface area contributed by atoms with E-state index in [-0.39, 0.29) is 25.0 Å². The SMILES string of the molecule is O=C(Cn1cnnn1)N1C[C@@H](CN2CCCCC2)[C@@H](CO)C1. The van der Waals surface area contributed by atoms with Crippen molar-refractivity contribution < 1.29 is 9.90 Å². The van der Waals surface area contributed by atoms with Gasteiger partial charge in [0.05, 0.1) is 0 Å². The molecule has 1 N–H and O–H groups in total. The van der Waals surface area contributed by atoms with Crippen LogP contribution in [0.5, 0.6) is 0 Å². The van der Waals surface area contributed by atoms with Crippen LogP contribution in [-0.4, -0.2) is 80.4 Å². The maximum absolute atomic E-state index is 12.3. The van der Waals surface area contributed by atoms with Crippen LogP contribution in [0.3, 0.4) is 0 Å². The molecule has 2 atom stereocenters. The number of rotatable bonds is 5. The van der Waals surface area contributed by atoms with Crippen LogP contribution in [0.1, 0.15) is 19.3 Å². The van der Waals surface area contributed by atoms with Crippen molar-refractivity contribution >= 4 is 5.91 Å². The van der Waals surface area contributed by atoms with Crippen molar-refractivity contribution in [3.05, 3.63) is 6.33 Å². The zero-order valence-electron chi connectivity index (χ0n) is 12.8. The van der Waals surface area contributed by atoms with E-state index in [2.05, 4.69) is 20.4 Å². The van der Waals surface area contributed by atoms with Gasteiger partial charge in [-0.05, 0) is 42.3 Å². The van der Waals surface area contributed by atoms with E-state index >= 15 is 0 Å². The Hall–Kier alpha value is -1.54. The monoisotopic (exact) mass is 308 g/mol. The molecule has 2 saturated heterocycles. The predicted molar refractivity (Wildman–Crippen MR) is 78.8 cm³/mol. The Morgan fingerprint density at radius 2 is 1.95 bits per heavy atom. The Balaban J connectivity index is 1.55. The van der Waals surface area contributed by atoms with E-state index < -0.39 is 0 Å². The first-order chi connectivity index (χ1) is 10.8. The van der Waals surface area contributed by atoms with Crippen LogP contribution in [0.4, 0.5) is 0 Å². The van der Waals surface area contributed by atoms with Crippen LogP contribution in [0.15, 0.2) is 6.33 Å². The molecular formula is C14H24N6O2. The number of aliphatic hydroxyl groups is 1. The number of hydrogen-bond donors (Lipinski definition) is 1. The molecule has 122 valence electrons. The predicted octanol–water partition coefficient (Wildman–Crippen LogP) is -0.774. The summed E-state index contributed by atoms with van der Waals surface area (Å²) >= 11 is 0. The lowest BCUT2D eigenvalue weighted by atomic mass is 9.95. The summed E-state index contributed by atoms with van der Waals surface area (Å²) in [4.78, 5) is 16.6. The third-order valence-corrected chi connectivity index (χ3v) is 4.79. The molecule has 3 rings (SSSR count). The van der Waals surface area contributed by atoms with Crippen LogP contribution in [0.2, 0.25) is 0 Å². The summed E-state index contributed by atoms with van der Waals surface area (Å²) in [7, 11) is 0. The van der Waals surface area contributed by atoms with E-state index in [1.54, 1.807) is 0 Å². The molecule has 1 aromatic heterocycles. The second kappa shape index (κ2) is 7.15. The van der Waals surface area contributed by atoms with Gasteiger partial charge in [-0.2, -0.15) is 0 Å². The highest BCUT2D eigenvalue weighted by Crippen LogP contribution is 2.25. The number of piperidine rings is 1. The molecule has 2 aliphatic heterocycles. The average Bonchev–Trinajstić information content (AvgIpc) is 3.18. The number of hydrogen-bond acceptors (Lipinski definition) is 6. The lowest BCUT2D eigenvalue weighted by Crippen LogP contribution is -2.37. The molecule has 0 unspecified atom stereocenters. The Morgan fingerprint density at radius 3 is 2.64 bits per heavy atom. The minimum Gasteiger partial charge on any atom is -0.396 e. The fraction of sp³-hybridized carbons (Fsp3) is 0.857. The fourth-order valence-electron chi connectivity index (χ4n) is 3.52. The van der Waals surface area contributed by atoms with Gasteiger partial charge in [-0.1, -0.05) is 6.42 Å². The summed E-state index contributed by atoms with van der Waals surface area (Å²) in [5, 5.41) is 20.4. The van der Waals surface area contributed by atoms with Gasteiger partial charge in [0.2, 0.25) is 5.91 Å². The largest absolute Gasteiger partial charge is 0.396 e. The molecular weight excluding hydrogens is 284 g/mol. The maximum Gasteiger partial charge on any atom is 0.244 e. The van der Waals surface area contributed by atoms with Crippen LogP contribution in [0, 0.1) is 11.8 Å². The highest BCUT2D eigenvalue weighted by Gasteiger charge is 2.35. The summed E-state index contributed by atoms with van der Waals surface area (Å²) < 4.78 is 1.44. The minimum atomic E-state index is 0.0203. The van der Waals surface area contributed by atoms with Crippen molar-refractivity contribution in [3.8, 4) is 0 Å². The number of amides is 1. The third kappa shape index (κ3) is 3.61. The third-order valence-electron chi connectivity index (χ3n) is 4.79. The van der Waals surface area contributed by atoms with Crippen molar-refractivity contribution in [2.45, 2.75) is 25.8 Å². The first kappa shape index (κ1) is 15.4. The second-order valence-corrected chi connectivity index (χ2v) is 6.37. The molecule has 22 heavy (non-hydrogen) atoms. The van der Waals surface area contributed by atoms with Gasteiger partial charge in [-0.15, -0.1) is 5.10 Å². The van der Waals surface area contributed by atoms with Crippen LogP contribution in [0.25, 0.3) is 0 Å². The van der Waals surface area contributed by atoms with Gasteiger partial charge in [-0.25, -0.2) is 4.68 Å². The van der Waals surface area contributed by atoms with Crippen LogP contribution < -0.4 is 0 Å². The molecule has 0 bridgehead atoms. The number of aliphatic hydroxyl groups excluding tert-OH is 1. The van der Waals surface area contributed by atoms with E-state index in [0.717, 1.165) is 26.2 Å². The molecule has 1 aromatic rings. The number of carbonyl (C=O) groups excluding carboxylic acids is 1. The van der Waals surface area contributed by atoms with E-state index in [4.69, 9.17) is 0 Å². The molecule has 0 spiro atoms. The topological polar surface area (TPSA) is 87.4 Å². The van der Waals surface area contributed by atoms with E-state index in [1.165, 1.54) is 30.3 Å². The van der Waals surface area contributed by atoms with Crippen molar-refractivity contribution in [2.75, 3.05) is 39.3 Å². The molecule has 8 nitrogen and oxygen atoms in total. The average molecular weight is 308 g/mol.